The highest BCUT2D eigenvalue weighted by Gasteiger charge is 2.15. The number of benzene rings is 2. The van der Waals surface area contributed by atoms with Crippen LogP contribution >= 0.6 is 11.8 Å². The Bertz CT molecular complexity index is 1020. The average Bonchev–Trinajstić information content (AvgIpc) is 3.13. The number of aryl methyl sites for hydroxylation is 2. The molecule has 0 saturated heterocycles. The minimum Gasteiger partial charge on any atom is -0.272 e. The van der Waals surface area contributed by atoms with E-state index in [1.165, 1.54) is 24.3 Å². The Kier molecular flexibility index (Phi) is 5.99. The number of aromatic nitrogens is 4. The van der Waals surface area contributed by atoms with Gasteiger partial charge in [-0.3, -0.25) is 20.4 Å². The van der Waals surface area contributed by atoms with Gasteiger partial charge in [0.2, 0.25) is 11.1 Å². The summed E-state index contributed by atoms with van der Waals surface area (Å²) in [7, 11) is 0. The lowest BCUT2D eigenvalue weighted by Crippen LogP contribution is -2.42. The van der Waals surface area contributed by atoms with E-state index in [2.05, 4.69) is 26.4 Å². The van der Waals surface area contributed by atoms with E-state index in [0.29, 0.717) is 5.16 Å². The highest BCUT2D eigenvalue weighted by molar-refractivity contribution is 7.99. The van der Waals surface area contributed by atoms with E-state index in [1.807, 2.05) is 32.0 Å². The molecule has 0 bridgehead atoms. The van der Waals surface area contributed by atoms with Crippen molar-refractivity contribution >= 4 is 23.6 Å². The maximum absolute atomic E-state index is 13.6. The summed E-state index contributed by atoms with van der Waals surface area (Å²) in [5.41, 5.74) is 7.19. The third-order valence-corrected chi connectivity index (χ3v) is 4.71. The summed E-state index contributed by atoms with van der Waals surface area (Å²) in [5.74, 6) is -1.93. The molecule has 0 unspecified atom stereocenters. The minimum absolute atomic E-state index is 0.0389. The number of hydrogen-bond donors (Lipinski definition) is 2. The first-order valence-corrected chi connectivity index (χ1v) is 9.27. The highest BCUT2D eigenvalue weighted by atomic mass is 32.2. The van der Waals surface area contributed by atoms with E-state index in [4.69, 9.17) is 0 Å². The van der Waals surface area contributed by atoms with Crippen molar-refractivity contribution < 1.29 is 14.0 Å². The largest absolute Gasteiger partial charge is 0.272 e. The molecule has 0 saturated carbocycles. The minimum atomic E-state index is -0.739. The quantitative estimate of drug-likeness (QED) is 0.502. The summed E-state index contributed by atoms with van der Waals surface area (Å²) in [6.45, 7) is 3.94. The van der Waals surface area contributed by atoms with Gasteiger partial charge in [0.15, 0.2) is 0 Å². The SMILES string of the molecule is Cc1ccc(-n2nnnc2SCC(=O)NNC(=O)c2ccccc2F)c(C)c1. The van der Waals surface area contributed by atoms with Crippen LogP contribution in [-0.2, 0) is 4.79 Å². The Labute approximate surface area is 164 Å². The maximum atomic E-state index is 13.6. The van der Waals surface area contributed by atoms with Crippen molar-refractivity contribution in [1.82, 2.24) is 31.1 Å². The molecule has 3 rings (SSSR count). The van der Waals surface area contributed by atoms with Gasteiger partial charge in [-0.2, -0.15) is 4.68 Å². The molecule has 0 radical (unpaired) electrons. The van der Waals surface area contributed by atoms with E-state index in [0.717, 1.165) is 28.6 Å². The second-order valence-corrected chi connectivity index (χ2v) is 6.88. The van der Waals surface area contributed by atoms with Crippen molar-refractivity contribution in [2.24, 2.45) is 0 Å². The molecule has 0 fully saturated rings. The number of carbonyl (C=O) groups is 2. The monoisotopic (exact) mass is 400 g/mol. The van der Waals surface area contributed by atoms with E-state index in [1.54, 1.807) is 4.68 Å². The number of halogens is 1. The average molecular weight is 400 g/mol. The van der Waals surface area contributed by atoms with Crippen LogP contribution in [0.15, 0.2) is 47.6 Å². The Morgan fingerprint density at radius 3 is 2.68 bits per heavy atom. The standard InChI is InChI=1S/C18H17FN6O2S/c1-11-7-8-15(12(2)9-11)25-18(22-23-24-25)28-10-16(26)20-21-17(27)13-5-3-4-6-14(13)19/h3-9H,10H2,1-2H3,(H,20,26)(H,21,27). The number of tetrazole rings is 1. The number of hydrogen-bond acceptors (Lipinski definition) is 6. The van der Waals surface area contributed by atoms with Gasteiger partial charge in [0.1, 0.15) is 5.82 Å². The molecule has 0 atom stereocenters. The van der Waals surface area contributed by atoms with Gasteiger partial charge in [-0.1, -0.05) is 41.6 Å². The van der Waals surface area contributed by atoms with Crippen LogP contribution in [0.3, 0.4) is 0 Å². The summed E-state index contributed by atoms with van der Waals surface area (Å²) in [6, 6.07) is 11.4. The molecule has 2 aromatic carbocycles. The molecule has 0 aliphatic heterocycles. The number of nitrogens with zero attached hydrogens (tertiary/aromatic N) is 4. The van der Waals surface area contributed by atoms with Crippen LogP contribution in [0.5, 0.6) is 0 Å². The first-order valence-electron chi connectivity index (χ1n) is 8.28. The van der Waals surface area contributed by atoms with Gasteiger partial charge < -0.3 is 0 Å². The predicted molar refractivity (Wildman–Crippen MR) is 101 cm³/mol. The molecule has 28 heavy (non-hydrogen) atoms. The molecule has 3 aromatic rings. The van der Waals surface area contributed by atoms with Crippen LogP contribution in [0.25, 0.3) is 5.69 Å². The fourth-order valence-corrected chi connectivity index (χ4v) is 3.15. The fraction of sp³-hybridized carbons (Fsp3) is 0.167. The van der Waals surface area contributed by atoms with Crippen molar-refractivity contribution in [3.8, 4) is 5.69 Å². The predicted octanol–water partition coefficient (Wildman–Crippen LogP) is 1.97. The van der Waals surface area contributed by atoms with Gasteiger partial charge in [0.05, 0.1) is 17.0 Å². The van der Waals surface area contributed by atoms with Crippen LogP contribution in [0.2, 0.25) is 0 Å². The van der Waals surface area contributed by atoms with Crippen LogP contribution in [0, 0.1) is 19.7 Å². The van der Waals surface area contributed by atoms with E-state index >= 15 is 0 Å². The Morgan fingerprint density at radius 2 is 1.93 bits per heavy atom. The highest BCUT2D eigenvalue weighted by Crippen LogP contribution is 2.21. The molecule has 0 aliphatic rings. The molecule has 0 aliphatic carbocycles. The van der Waals surface area contributed by atoms with Gasteiger partial charge in [-0.25, -0.2) is 4.39 Å². The van der Waals surface area contributed by atoms with E-state index in [9.17, 15) is 14.0 Å². The number of thioether (sulfide) groups is 1. The molecular formula is C18H17FN6O2S. The Hall–Kier alpha value is -3.27. The fourth-order valence-electron chi connectivity index (χ4n) is 2.47. The van der Waals surface area contributed by atoms with Crippen molar-refractivity contribution in [3.05, 3.63) is 65.0 Å². The normalized spacial score (nSPS) is 10.5. The zero-order valence-corrected chi connectivity index (χ0v) is 16.0. The molecule has 2 N–H and O–H groups in total. The maximum Gasteiger partial charge on any atom is 0.272 e. The number of nitrogens with one attached hydrogen (secondary N) is 2. The van der Waals surface area contributed by atoms with Gasteiger partial charge >= 0.3 is 0 Å². The summed E-state index contributed by atoms with van der Waals surface area (Å²) >= 11 is 1.11. The summed E-state index contributed by atoms with van der Waals surface area (Å²) in [5, 5.41) is 12.0. The Balaban J connectivity index is 1.58. The number of carbonyl (C=O) groups excluding carboxylic acids is 2. The second-order valence-electron chi connectivity index (χ2n) is 5.93. The molecule has 10 heteroatoms. The van der Waals surface area contributed by atoms with E-state index < -0.39 is 17.6 Å². The molecule has 144 valence electrons. The lowest BCUT2D eigenvalue weighted by Gasteiger charge is -2.09. The molecule has 0 spiro atoms. The van der Waals surface area contributed by atoms with Crippen molar-refractivity contribution in [2.75, 3.05) is 5.75 Å². The lowest BCUT2D eigenvalue weighted by atomic mass is 10.1. The van der Waals surface area contributed by atoms with Crippen LogP contribution in [0.4, 0.5) is 4.39 Å². The second kappa shape index (κ2) is 8.61. The molecule has 2 amide bonds. The number of amides is 2. The lowest BCUT2D eigenvalue weighted by molar-refractivity contribution is -0.119. The van der Waals surface area contributed by atoms with Crippen LogP contribution < -0.4 is 10.9 Å². The van der Waals surface area contributed by atoms with E-state index in [-0.39, 0.29) is 11.3 Å². The van der Waals surface area contributed by atoms with Gasteiger partial charge in [0.25, 0.3) is 5.91 Å². The summed E-state index contributed by atoms with van der Waals surface area (Å²) < 4.78 is 15.1. The van der Waals surface area contributed by atoms with Gasteiger partial charge in [-0.15, -0.1) is 5.10 Å². The van der Waals surface area contributed by atoms with Gasteiger partial charge in [0, 0.05) is 0 Å². The van der Waals surface area contributed by atoms with Crippen LogP contribution in [-0.4, -0.2) is 37.8 Å². The smallest absolute Gasteiger partial charge is 0.272 e. The van der Waals surface area contributed by atoms with Gasteiger partial charge in [-0.05, 0) is 48.0 Å². The zero-order chi connectivity index (χ0) is 20.1. The molecule has 8 nitrogen and oxygen atoms in total. The summed E-state index contributed by atoms with van der Waals surface area (Å²) in [6.07, 6.45) is 0. The third kappa shape index (κ3) is 4.52. The molecular weight excluding hydrogens is 383 g/mol. The number of rotatable bonds is 5. The number of hydrazine groups is 1. The zero-order valence-electron chi connectivity index (χ0n) is 15.1. The van der Waals surface area contributed by atoms with Crippen molar-refractivity contribution in [3.63, 3.8) is 0 Å². The van der Waals surface area contributed by atoms with Crippen molar-refractivity contribution in [1.29, 1.82) is 0 Å². The first kappa shape index (κ1) is 19.5. The molecule has 1 heterocycles. The van der Waals surface area contributed by atoms with Crippen LogP contribution in [0.1, 0.15) is 21.5 Å². The molecule has 1 aromatic heterocycles. The summed E-state index contributed by atoms with van der Waals surface area (Å²) in [4.78, 5) is 23.9. The third-order valence-electron chi connectivity index (χ3n) is 3.79. The first-order chi connectivity index (χ1) is 13.5. The van der Waals surface area contributed by atoms with Crippen molar-refractivity contribution in [2.45, 2.75) is 19.0 Å². The topological polar surface area (TPSA) is 102 Å². The Morgan fingerprint density at radius 1 is 1.14 bits per heavy atom.